The number of nitrogens with zero attached hydrogens (tertiary/aromatic N) is 5. The van der Waals surface area contributed by atoms with Gasteiger partial charge in [0.25, 0.3) is 5.91 Å². The van der Waals surface area contributed by atoms with Crippen LogP contribution in [0.2, 0.25) is 0 Å². The first-order chi connectivity index (χ1) is 15.2. The molecule has 3 amide bonds. The fourth-order valence-corrected chi connectivity index (χ4v) is 5.44. The molecule has 0 radical (unpaired) electrons. The molecular formula is C22H31N7O3. The van der Waals surface area contributed by atoms with E-state index in [1.165, 1.54) is 6.42 Å². The van der Waals surface area contributed by atoms with Gasteiger partial charge in [0.2, 0.25) is 5.76 Å². The number of fused-ring (bicyclic) bond motifs is 2. The van der Waals surface area contributed by atoms with Crippen molar-refractivity contribution in [3.05, 3.63) is 28.6 Å². The van der Waals surface area contributed by atoms with Crippen molar-refractivity contribution in [2.75, 3.05) is 25.0 Å². The van der Waals surface area contributed by atoms with Crippen LogP contribution in [0.1, 0.15) is 67.0 Å². The summed E-state index contributed by atoms with van der Waals surface area (Å²) in [5, 5.41) is 10.2. The van der Waals surface area contributed by atoms with Crippen LogP contribution in [0, 0.1) is 13.8 Å². The molecule has 2 fully saturated rings. The molecule has 0 unspecified atom stereocenters. The highest BCUT2D eigenvalue weighted by Crippen LogP contribution is 2.41. The predicted molar refractivity (Wildman–Crippen MR) is 117 cm³/mol. The topological polar surface area (TPSA) is 111 Å². The first-order valence-electron chi connectivity index (χ1n) is 11.3. The Kier molecular flexibility index (Phi) is 4.81. The van der Waals surface area contributed by atoms with Gasteiger partial charge >= 0.3 is 6.03 Å². The van der Waals surface area contributed by atoms with Crippen molar-refractivity contribution in [2.24, 2.45) is 0 Å². The van der Waals surface area contributed by atoms with E-state index >= 15 is 0 Å². The highest BCUT2D eigenvalue weighted by molar-refractivity contribution is 6.03. The molecule has 0 saturated carbocycles. The van der Waals surface area contributed by atoms with Gasteiger partial charge in [-0.3, -0.25) is 14.8 Å². The van der Waals surface area contributed by atoms with Crippen LogP contribution in [0.3, 0.4) is 0 Å². The number of nitrogens with one attached hydrogen (secondary N) is 2. The maximum atomic E-state index is 13.7. The number of amides is 3. The number of aryl methyl sites for hydroxylation is 2. The minimum Gasteiger partial charge on any atom is -0.436 e. The zero-order valence-corrected chi connectivity index (χ0v) is 19.4. The standard InChI is InChI=1S/C22H31N7O3/c1-12-9-27-8-6-7-15(27)10-28(12)21(31)29-11-16-18(22(29,4)5)25-26-19(16)24-20(30)17-13(2)23-14(3)32-17/h12,15H,6-11H2,1-5H3,(H2,24,25,26,30)/t12-,15-/m0/s1. The van der Waals surface area contributed by atoms with Gasteiger partial charge in [-0.05, 0) is 47.1 Å². The summed E-state index contributed by atoms with van der Waals surface area (Å²) in [6, 6.07) is 0.669. The largest absolute Gasteiger partial charge is 0.436 e. The number of aromatic amines is 1. The Bertz CT molecular complexity index is 1070. The van der Waals surface area contributed by atoms with Gasteiger partial charge in [0.15, 0.2) is 11.7 Å². The smallest absolute Gasteiger partial charge is 0.321 e. The summed E-state index contributed by atoms with van der Waals surface area (Å²) < 4.78 is 5.43. The van der Waals surface area contributed by atoms with Crippen molar-refractivity contribution < 1.29 is 14.0 Å². The minimum atomic E-state index is -0.562. The van der Waals surface area contributed by atoms with Gasteiger partial charge in [0.1, 0.15) is 0 Å². The van der Waals surface area contributed by atoms with Crippen molar-refractivity contribution in [1.29, 1.82) is 0 Å². The fraction of sp³-hybridized carbons (Fsp3) is 0.636. The van der Waals surface area contributed by atoms with Crippen LogP contribution in [0.4, 0.5) is 10.6 Å². The molecule has 3 aliphatic heterocycles. The average molecular weight is 442 g/mol. The second-order valence-corrected chi connectivity index (χ2v) is 9.75. The number of aromatic nitrogens is 3. The van der Waals surface area contributed by atoms with Crippen LogP contribution in [-0.2, 0) is 12.1 Å². The van der Waals surface area contributed by atoms with Gasteiger partial charge in [-0.1, -0.05) is 0 Å². The van der Waals surface area contributed by atoms with E-state index < -0.39 is 11.4 Å². The normalized spacial score (nSPS) is 24.5. The van der Waals surface area contributed by atoms with E-state index in [1.54, 1.807) is 13.8 Å². The first-order valence-corrected chi connectivity index (χ1v) is 11.3. The number of rotatable bonds is 2. The molecule has 2 aromatic heterocycles. The first kappa shape index (κ1) is 21.0. The van der Waals surface area contributed by atoms with Crippen molar-refractivity contribution in [3.8, 4) is 0 Å². The number of H-pyrrole nitrogens is 1. The van der Waals surface area contributed by atoms with Gasteiger partial charge in [-0.15, -0.1) is 0 Å². The molecule has 10 heteroatoms. The molecule has 0 spiro atoms. The minimum absolute atomic E-state index is 0.0395. The Balaban J connectivity index is 1.36. The summed E-state index contributed by atoms with van der Waals surface area (Å²) in [6.07, 6.45) is 2.36. The van der Waals surface area contributed by atoms with Gasteiger partial charge in [0.05, 0.1) is 23.5 Å². The zero-order valence-electron chi connectivity index (χ0n) is 19.4. The quantitative estimate of drug-likeness (QED) is 0.741. The Labute approximate surface area is 187 Å². The fourth-order valence-electron chi connectivity index (χ4n) is 5.44. The number of piperazine rings is 1. The van der Waals surface area contributed by atoms with E-state index in [2.05, 4.69) is 32.3 Å². The number of anilines is 1. The van der Waals surface area contributed by atoms with Crippen molar-refractivity contribution in [3.63, 3.8) is 0 Å². The van der Waals surface area contributed by atoms with Crippen LogP contribution in [-0.4, -0.2) is 73.5 Å². The summed E-state index contributed by atoms with van der Waals surface area (Å²) >= 11 is 0. The van der Waals surface area contributed by atoms with Crippen LogP contribution in [0.15, 0.2) is 4.42 Å². The lowest BCUT2D eigenvalue weighted by atomic mass is 10.0. The van der Waals surface area contributed by atoms with Gasteiger partial charge in [0, 0.05) is 37.7 Å². The van der Waals surface area contributed by atoms with E-state index in [0.29, 0.717) is 30.0 Å². The molecule has 0 aliphatic carbocycles. The summed E-state index contributed by atoms with van der Waals surface area (Å²) in [7, 11) is 0. The van der Waals surface area contributed by atoms with Gasteiger partial charge < -0.3 is 19.5 Å². The van der Waals surface area contributed by atoms with Crippen LogP contribution < -0.4 is 5.32 Å². The monoisotopic (exact) mass is 441 g/mol. The molecule has 3 aliphatic rings. The van der Waals surface area contributed by atoms with Crippen molar-refractivity contribution in [1.82, 2.24) is 29.9 Å². The summed E-state index contributed by atoms with van der Waals surface area (Å²) in [5.74, 6) is 0.642. The van der Waals surface area contributed by atoms with E-state index in [1.807, 2.05) is 23.6 Å². The molecule has 5 rings (SSSR count). The second kappa shape index (κ2) is 7.33. The third-order valence-corrected chi connectivity index (χ3v) is 7.23. The lowest BCUT2D eigenvalue weighted by Crippen LogP contribution is -2.60. The molecule has 2 saturated heterocycles. The van der Waals surface area contributed by atoms with E-state index in [0.717, 1.165) is 37.3 Å². The molecule has 5 heterocycles. The molecule has 2 atom stereocenters. The highest BCUT2D eigenvalue weighted by atomic mass is 16.4. The number of hydrogen-bond donors (Lipinski definition) is 2. The number of carbonyl (C=O) groups excluding carboxylic acids is 2. The Hall–Kier alpha value is -2.88. The van der Waals surface area contributed by atoms with Gasteiger partial charge in [-0.2, -0.15) is 5.10 Å². The van der Waals surface area contributed by atoms with E-state index in [9.17, 15) is 9.59 Å². The molecule has 32 heavy (non-hydrogen) atoms. The number of hydrogen-bond acceptors (Lipinski definition) is 6. The van der Waals surface area contributed by atoms with E-state index in [-0.39, 0.29) is 17.8 Å². The Morgan fingerprint density at radius 3 is 2.75 bits per heavy atom. The maximum Gasteiger partial charge on any atom is 0.321 e. The highest BCUT2D eigenvalue weighted by Gasteiger charge is 2.47. The van der Waals surface area contributed by atoms with Crippen molar-refractivity contribution >= 4 is 17.8 Å². The maximum absolute atomic E-state index is 13.7. The van der Waals surface area contributed by atoms with Crippen LogP contribution >= 0.6 is 0 Å². The predicted octanol–water partition coefficient (Wildman–Crippen LogP) is 2.61. The number of urea groups is 1. The zero-order chi connectivity index (χ0) is 22.8. The third-order valence-electron chi connectivity index (χ3n) is 7.23. The molecule has 172 valence electrons. The summed E-state index contributed by atoms with van der Waals surface area (Å²) in [5.41, 5.74) is 1.65. The summed E-state index contributed by atoms with van der Waals surface area (Å²) in [6.45, 7) is 12.8. The molecule has 10 nitrogen and oxygen atoms in total. The third kappa shape index (κ3) is 3.19. The summed E-state index contributed by atoms with van der Waals surface area (Å²) in [4.78, 5) is 37.0. The molecular weight excluding hydrogens is 410 g/mol. The average Bonchev–Trinajstić information content (AvgIpc) is 3.47. The lowest BCUT2D eigenvalue weighted by molar-refractivity contribution is 0.0454. The van der Waals surface area contributed by atoms with E-state index in [4.69, 9.17) is 4.42 Å². The van der Waals surface area contributed by atoms with Crippen LogP contribution in [0.25, 0.3) is 0 Å². The lowest BCUT2D eigenvalue weighted by Gasteiger charge is -2.45. The molecule has 0 aromatic carbocycles. The number of carbonyl (C=O) groups is 2. The Morgan fingerprint density at radius 2 is 2.03 bits per heavy atom. The molecule has 2 N–H and O–H groups in total. The van der Waals surface area contributed by atoms with Crippen molar-refractivity contribution in [2.45, 2.75) is 71.6 Å². The molecule has 0 bridgehead atoms. The molecule has 2 aromatic rings. The SMILES string of the molecule is Cc1nc(C)c(C(=O)Nc2n[nH]c3c2CN(C(=O)N2C[C@@H]4CCCN4C[C@@H]2C)C3(C)C)o1. The van der Waals surface area contributed by atoms with Crippen LogP contribution in [0.5, 0.6) is 0 Å². The number of oxazole rings is 1. The second-order valence-electron chi connectivity index (χ2n) is 9.75. The Morgan fingerprint density at radius 1 is 1.25 bits per heavy atom. The van der Waals surface area contributed by atoms with Gasteiger partial charge in [-0.25, -0.2) is 9.78 Å².